The van der Waals surface area contributed by atoms with Gasteiger partial charge < -0.3 is 14.8 Å². The third-order valence-corrected chi connectivity index (χ3v) is 6.76. The van der Waals surface area contributed by atoms with Gasteiger partial charge in [-0.3, -0.25) is 15.2 Å². The molecule has 2 aromatic heterocycles. The second-order valence-corrected chi connectivity index (χ2v) is 10.8. The highest BCUT2D eigenvalue weighted by molar-refractivity contribution is 6.08. The number of ether oxygens (including phenoxy) is 2. The number of carbonyl (C=O) groups is 1. The van der Waals surface area contributed by atoms with Crippen molar-refractivity contribution in [2.45, 2.75) is 33.1 Å². The number of nitrogens with one attached hydrogen (secondary N) is 2. The number of aromatic nitrogens is 3. The van der Waals surface area contributed by atoms with E-state index >= 15 is 0 Å². The Morgan fingerprint density at radius 1 is 1.05 bits per heavy atom. The van der Waals surface area contributed by atoms with Crippen molar-refractivity contribution in [2.75, 3.05) is 50.1 Å². The van der Waals surface area contributed by atoms with Gasteiger partial charge in [0.25, 0.3) is 0 Å². The van der Waals surface area contributed by atoms with Gasteiger partial charge in [-0.25, -0.2) is 9.48 Å². The molecule has 0 atom stereocenters. The summed E-state index contributed by atoms with van der Waals surface area (Å²) in [6, 6.07) is 17.3. The zero-order chi connectivity index (χ0) is 27.4. The molecule has 0 aliphatic carbocycles. The molecule has 2 amide bonds. The molecule has 39 heavy (non-hydrogen) atoms. The molecule has 2 N–H and O–H groups in total. The van der Waals surface area contributed by atoms with Crippen molar-refractivity contribution in [2.24, 2.45) is 0 Å². The molecular weight excluding hydrogens is 492 g/mol. The van der Waals surface area contributed by atoms with E-state index in [1.54, 1.807) is 10.9 Å². The van der Waals surface area contributed by atoms with E-state index in [0.29, 0.717) is 23.9 Å². The van der Waals surface area contributed by atoms with Crippen LogP contribution in [0.15, 0.2) is 60.8 Å². The van der Waals surface area contributed by atoms with Crippen molar-refractivity contribution in [3.8, 4) is 11.4 Å². The fourth-order valence-electron chi connectivity index (χ4n) is 4.49. The summed E-state index contributed by atoms with van der Waals surface area (Å²) in [6.45, 7) is 12.8. The summed E-state index contributed by atoms with van der Waals surface area (Å²) >= 11 is 0. The molecule has 2 aromatic carbocycles. The molecule has 1 fully saturated rings. The lowest BCUT2D eigenvalue weighted by atomic mass is 9.92. The van der Waals surface area contributed by atoms with Crippen LogP contribution in [0.5, 0.6) is 5.75 Å². The Hall–Kier alpha value is -3.95. The van der Waals surface area contributed by atoms with Gasteiger partial charge in [-0.2, -0.15) is 5.10 Å². The zero-order valence-electron chi connectivity index (χ0n) is 23.0. The van der Waals surface area contributed by atoms with Crippen LogP contribution in [0.4, 0.5) is 16.3 Å². The highest BCUT2D eigenvalue weighted by Gasteiger charge is 2.22. The Bertz CT molecular complexity index is 1440. The number of benzene rings is 2. The predicted octanol–water partition coefficient (Wildman–Crippen LogP) is 5.38. The molecule has 0 radical (unpaired) electrons. The number of anilines is 2. The zero-order valence-corrected chi connectivity index (χ0v) is 23.0. The second kappa shape index (κ2) is 11.4. The van der Waals surface area contributed by atoms with Gasteiger partial charge >= 0.3 is 6.03 Å². The minimum atomic E-state index is -0.383. The molecule has 9 heteroatoms. The van der Waals surface area contributed by atoms with Gasteiger partial charge in [0.1, 0.15) is 18.2 Å². The molecule has 3 heterocycles. The average molecular weight is 529 g/mol. The molecule has 0 unspecified atom stereocenters. The van der Waals surface area contributed by atoms with Gasteiger partial charge in [-0.05, 0) is 30.5 Å². The first kappa shape index (κ1) is 26.6. The van der Waals surface area contributed by atoms with Crippen molar-refractivity contribution in [1.82, 2.24) is 19.7 Å². The number of morpholine rings is 1. The lowest BCUT2D eigenvalue weighted by molar-refractivity contribution is 0.0323. The summed E-state index contributed by atoms with van der Waals surface area (Å²) in [7, 11) is 0. The lowest BCUT2D eigenvalue weighted by Gasteiger charge is -2.26. The highest BCUT2D eigenvalue weighted by Crippen LogP contribution is 2.34. The van der Waals surface area contributed by atoms with Gasteiger partial charge in [-0.15, -0.1) is 0 Å². The van der Waals surface area contributed by atoms with Crippen LogP contribution in [0.25, 0.3) is 16.5 Å². The molecule has 4 aromatic rings. The minimum Gasteiger partial charge on any atom is -0.490 e. The second-order valence-electron chi connectivity index (χ2n) is 10.8. The van der Waals surface area contributed by atoms with E-state index in [4.69, 9.17) is 14.6 Å². The van der Waals surface area contributed by atoms with E-state index in [1.807, 2.05) is 61.5 Å². The average Bonchev–Trinajstić information content (AvgIpc) is 3.35. The third-order valence-electron chi connectivity index (χ3n) is 6.76. The molecule has 5 rings (SSSR count). The van der Waals surface area contributed by atoms with Crippen LogP contribution < -0.4 is 15.4 Å². The lowest BCUT2D eigenvalue weighted by Crippen LogP contribution is -2.38. The van der Waals surface area contributed by atoms with Crippen molar-refractivity contribution in [3.05, 3.63) is 72.2 Å². The summed E-state index contributed by atoms with van der Waals surface area (Å²) in [6.07, 6.45) is 1.75. The van der Waals surface area contributed by atoms with Crippen LogP contribution >= 0.6 is 0 Å². The number of urea groups is 1. The number of aryl methyl sites for hydroxylation is 1. The summed E-state index contributed by atoms with van der Waals surface area (Å²) in [5, 5.41) is 12.8. The molecule has 0 bridgehead atoms. The number of fused-ring (bicyclic) bond motifs is 1. The summed E-state index contributed by atoms with van der Waals surface area (Å²) in [5.74, 6) is 1.18. The molecule has 1 saturated heterocycles. The molecule has 0 saturated carbocycles. The van der Waals surface area contributed by atoms with Gasteiger partial charge in [0.15, 0.2) is 0 Å². The Morgan fingerprint density at radius 2 is 1.85 bits per heavy atom. The summed E-state index contributed by atoms with van der Waals surface area (Å²) in [5.41, 5.74) is 2.96. The minimum absolute atomic E-state index is 0.201. The maximum Gasteiger partial charge on any atom is 0.324 e. The van der Waals surface area contributed by atoms with E-state index in [-0.39, 0.29) is 11.4 Å². The number of carbonyl (C=O) groups excluding carboxylic acids is 1. The van der Waals surface area contributed by atoms with Crippen molar-refractivity contribution >= 4 is 28.3 Å². The first-order valence-corrected chi connectivity index (χ1v) is 13.3. The Morgan fingerprint density at radius 3 is 2.59 bits per heavy atom. The predicted molar refractivity (Wildman–Crippen MR) is 154 cm³/mol. The van der Waals surface area contributed by atoms with E-state index < -0.39 is 0 Å². The third kappa shape index (κ3) is 6.38. The van der Waals surface area contributed by atoms with Crippen molar-refractivity contribution < 1.29 is 14.3 Å². The monoisotopic (exact) mass is 528 g/mol. The van der Waals surface area contributed by atoms with E-state index in [1.165, 1.54) is 0 Å². The molecule has 204 valence electrons. The van der Waals surface area contributed by atoms with Crippen LogP contribution in [-0.2, 0) is 10.2 Å². The normalized spacial score (nSPS) is 14.4. The van der Waals surface area contributed by atoms with Crippen LogP contribution in [0.2, 0.25) is 0 Å². The number of rotatable bonds is 7. The molecule has 9 nitrogen and oxygen atoms in total. The number of amides is 2. The summed E-state index contributed by atoms with van der Waals surface area (Å²) in [4.78, 5) is 20.2. The van der Waals surface area contributed by atoms with Crippen molar-refractivity contribution in [3.63, 3.8) is 0 Å². The number of nitrogens with zero attached hydrogens (tertiary/aromatic N) is 4. The maximum absolute atomic E-state index is 13.4. The largest absolute Gasteiger partial charge is 0.490 e. The SMILES string of the molecule is Cc1ccc(-n2nc(C(C)(C)C)cc2NC(=O)Nc2c(OCCN3CCOCC3)ccc3ccccc23)cn1. The smallest absolute Gasteiger partial charge is 0.324 e. The standard InChI is InChI=1S/C30H36N6O3/c1-21-9-11-23(20-31-21)36-27(19-26(34-36)30(2,3)4)32-29(37)33-28-24-8-6-5-7-22(24)10-12-25(28)39-18-15-35-13-16-38-17-14-35/h5-12,19-20H,13-18H2,1-4H3,(H2,32,33,37). The fourth-order valence-corrected chi connectivity index (χ4v) is 4.49. The fraction of sp³-hybridized carbons (Fsp3) is 0.367. The topological polar surface area (TPSA) is 93.5 Å². The number of hydrogen-bond donors (Lipinski definition) is 2. The van der Waals surface area contributed by atoms with E-state index in [9.17, 15) is 4.79 Å². The van der Waals surface area contributed by atoms with Crippen LogP contribution in [0.3, 0.4) is 0 Å². The maximum atomic E-state index is 13.4. The Balaban J connectivity index is 1.39. The van der Waals surface area contributed by atoms with Crippen molar-refractivity contribution in [1.29, 1.82) is 0 Å². The molecule has 0 spiro atoms. The molecule has 1 aliphatic rings. The van der Waals surface area contributed by atoms with Crippen LogP contribution in [-0.4, -0.2) is 65.2 Å². The Kier molecular flexibility index (Phi) is 7.81. The van der Waals surface area contributed by atoms with Crippen LogP contribution in [0.1, 0.15) is 32.2 Å². The highest BCUT2D eigenvalue weighted by atomic mass is 16.5. The van der Waals surface area contributed by atoms with Gasteiger partial charge in [0.05, 0.1) is 36.5 Å². The Labute approximate surface area is 229 Å². The quantitative estimate of drug-likeness (QED) is 0.335. The van der Waals surface area contributed by atoms with Crippen LogP contribution in [0, 0.1) is 6.92 Å². The number of hydrogen-bond acceptors (Lipinski definition) is 6. The first-order chi connectivity index (χ1) is 18.8. The molecule has 1 aliphatic heterocycles. The van der Waals surface area contributed by atoms with Gasteiger partial charge in [0, 0.05) is 42.2 Å². The van der Waals surface area contributed by atoms with Gasteiger partial charge in [0.2, 0.25) is 0 Å². The summed E-state index contributed by atoms with van der Waals surface area (Å²) < 4.78 is 13.4. The van der Waals surface area contributed by atoms with E-state index in [2.05, 4.69) is 41.3 Å². The molecular formula is C30H36N6O3. The number of pyridine rings is 1. The van der Waals surface area contributed by atoms with E-state index in [0.717, 1.165) is 60.7 Å². The first-order valence-electron chi connectivity index (χ1n) is 13.3. The van der Waals surface area contributed by atoms with Gasteiger partial charge in [-0.1, -0.05) is 51.1 Å².